The van der Waals surface area contributed by atoms with Gasteiger partial charge in [0.05, 0.1) is 17.8 Å². The van der Waals surface area contributed by atoms with Gasteiger partial charge >= 0.3 is 0 Å². The minimum absolute atomic E-state index is 0.0407. The van der Waals surface area contributed by atoms with Crippen molar-refractivity contribution in [1.29, 1.82) is 0 Å². The molecule has 0 saturated carbocycles. The molecule has 2 aromatic rings. The molecule has 1 fully saturated rings. The number of rotatable bonds is 4. The van der Waals surface area contributed by atoms with Gasteiger partial charge in [0, 0.05) is 12.7 Å². The highest BCUT2D eigenvalue weighted by Gasteiger charge is 2.24. The van der Waals surface area contributed by atoms with Crippen molar-refractivity contribution in [3.05, 3.63) is 58.5 Å². The number of hydrogen-bond donors (Lipinski definition) is 1. The van der Waals surface area contributed by atoms with Gasteiger partial charge in [0.15, 0.2) is 0 Å². The third-order valence-electron chi connectivity index (χ3n) is 3.92. The molecule has 1 N–H and O–H groups in total. The molecule has 23 heavy (non-hydrogen) atoms. The number of nitrogens with zero attached hydrogens (tertiary/aromatic N) is 2. The van der Waals surface area contributed by atoms with Gasteiger partial charge in [-0.25, -0.2) is 0 Å². The Hall–Kier alpha value is -2.47. The van der Waals surface area contributed by atoms with Crippen LogP contribution in [-0.2, 0) is 4.74 Å². The second kappa shape index (κ2) is 6.75. The number of amides is 1. The summed E-state index contributed by atoms with van der Waals surface area (Å²) in [4.78, 5) is 24.3. The first-order valence-corrected chi connectivity index (χ1v) is 7.73. The van der Waals surface area contributed by atoms with E-state index < -0.39 is 0 Å². The van der Waals surface area contributed by atoms with Crippen LogP contribution >= 0.6 is 0 Å². The molecular weight excluding hydrogens is 294 g/mol. The molecular formula is C17H19N3O3. The predicted octanol–water partition coefficient (Wildman–Crippen LogP) is 1.53. The predicted molar refractivity (Wildman–Crippen MR) is 85.7 cm³/mol. The van der Waals surface area contributed by atoms with E-state index in [0.29, 0.717) is 5.69 Å². The Bertz CT molecular complexity index is 736. The fourth-order valence-corrected chi connectivity index (χ4v) is 2.66. The van der Waals surface area contributed by atoms with Crippen LogP contribution in [0, 0.1) is 0 Å². The van der Waals surface area contributed by atoms with E-state index in [2.05, 4.69) is 10.4 Å². The van der Waals surface area contributed by atoms with Crippen molar-refractivity contribution in [2.45, 2.75) is 31.9 Å². The van der Waals surface area contributed by atoms with Gasteiger partial charge in [-0.1, -0.05) is 18.2 Å². The van der Waals surface area contributed by atoms with E-state index in [1.54, 1.807) is 12.1 Å². The third-order valence-corrected chi connectivity index (χ3v) is 3.92. The van der Waals surface area contributed by atoms with Gasteiger partial charge in [0.25, 0.3) is 11.5 Å². The number of ether oxygens (including phenoxy) is 1. The van der Waals surface area contributed by atoms with Crippen molar-refractivity contribution >= 4 is 5.91 Å². The largest absolute Gasteiger partial charge is 0.376 e. The van der Waals surface area contributed by atoms with Gasteiger partial charge in [0.2, 0.25) is 0 Å². The molecule has 6 heteroatoms. The minimum atomic E-state index is -0.308. The Morgan fingerprint density at radius 3 is 2.78 bits per heavy atom. The summed E-state index contributed by atoms with van der Waals surface area (Å²) in [6, 6.07) is 11.7. The summed E-state index contributed by atoms with van der Waals surface area (Å²) in [5, 5.41) is 7.07. The summed E-state index contributed by atoms with van der Waals surface area (Å²) >= 11 is 0. The quantitative estimate of drug-likeness (QED) is 0.929. The molecule has 120 valence electrons. The lowest BCUT2D eigenvalue weighted by atomic mass is 10.1. The molecule has 1 amide bonds. The van der Waals surface area contributed by atoms with Gasteiger partial charge in [-0.05, 0) is 38.0 Å². The van der Waals surface area contributed by atoms with Crippen LogP contribution in [0.15, 0.2) is 47.3 Å². The number of carbonyl (C=O) groups excluding carboxylic acids is 1. The highest BCUT2D eigenvalue weighted by Crippen LogP contribution is 2.15. The van der Waals surface area contributed by atoms with Crippen molar-refractivity contribution in [3.8, 4) is 5.69 Å². The first-order chi connectivity index (χ1) is 11.1. The fraction of sp³-hybridized carbons (Fsp3) is 0.353. The van der Waals surface area contributed by atoms with Crippen molar-refractivity contribution < 1.29 is 9.53 Å². The Morgan fingerprint density at radius 1 is 1.30 bits per heavy atom. The summed E-state index contributed by atoms with van der Waals surface area (Å²) in [7, 11) is 0. The monoisotopic (exact) mass is 313 g/mol. The summed E-state index contributed by atoms with van der Waals surface area (Å²) in [6.45, 7) is 2.66. The third kappa shape index (κ3) is 3.48. The molecule has 1 aliphatic heterocycles. The van der Waals surface area contributed by atoms with Gasteiger partial charge < -0.3 is 10.1 Å². The van der Waals surface area contributed by atoms with E-state index in [-0.39, 0.29) is 29.3 Å². The van der Waals surface area contributed by atoms with E-state index in [4.69, 9.17) is 4.74 Å². The Balaban J connectivity index is 1.80. The fourth-order valence-electron chi connectivity index (χ4n) is 2.66. The second-order valence-corrected chi connectivity index (χ2v) is 5.62. The molecule has 0 spiro atoms. The average Bonchev–Trinajstić information content (AvgIpc) is 3.10. The highest BCUT2D eigenvalue weighted by atomic mass is 16.5. The zero-order valence-electron chi connectivity index (χ0n) is 12.9. The Kier molecular flexibility index (Phi) is 4.52. The number of aromatic nitrogens is 2. The van der Waals surface area contributed by atoms with Crippen LogP contribution in [0.4, 0.5) is 0 Å². The van der Waals surface area contributed by atoms with Crippen LogP contribution in [0.3, 0.4) is 0 Å². The van der Waals surface area contributed by atoms with Crippen molar-refractivity contribution in [3.63, 3.8) is 0 Å². The summed E-state index contributed by atoms with van der Waals surface area (Å²) < 4.78 is 6.80. The van der Waals surface area contributed by atoms with E-state index in [9.17, 15) is 9.59 Å². The molecule has 2 heterocycles. The summed E-state index contributed by atoms with van der Waals surface area (Å²) in [5.41, 5.74) is 0.553. The lowest BCUT2D eigenvalue weighted by Gasteiger charge is -2.19. The lowest BCUT2D eigenvalue weighted by Crippen LogP contribution is -2.41. The minimum Gasteiger partial charge on any atom is -0.376 e. The number of para-hydroxylation sites is 1. The van der Waals surface area contributed by atoms with E-state index in [1.165, 1.54) is 16.8 Å². The summed E-state index contributed by atoms with van der Waals surface area (Å²) in [6.07, 6.45) is 2.00. The van der Waals surface area contributed by atoms with Crippen LogP contribution in [0.1, 0.15) is 30.3 Å². The number of hydrogen-bond acceptors (Lipinski definition) is 4. The molecule has 1 aromatic carbocycles. The Labute approximate surface area is 134 Å². The van der Waals surface area contributed by atoms with Crippen molar-refractivity contribution in [2.75, 3.05) is 6.61 Å². The first-order valence-electron chi connectivity index (χ1n) is 7.73. The topological polar surface area (TPSA) is 73.2 Å². The SMILES string of the molecule is C[C@H](NC(=O)c1ccc(=O)n(-c2ccccc2)n1)[C@@H]1CCCO1. The molecule has 3 rings (SSSR count). The number of benzene rings is 1. The number of carbonyl (C=O) groups is 1. The molecule has 1 aromatic heterocycles. The van der Waals surface area contributed by atoms with Crippen molar-refractivity contribution in [1.82, 2.24) is 15.1 Å². The van der Waals surface area contributed by atoms with Crippen LogP contribution < -0.4 is 10.9 Å². The van der Waals surface area contributed by atoms with E-state index >= 15 is 0 Å². The van der Waals surface area contributed by atoms with Crippen LogP contribution in [0.2, 0.25) is 0 Å². The van der Waals surface area contributed by atoms with E-state index in [0.717, 1.165) is 19.4 Å². The maximum absolute atomic E-state index is 12.4. The highest BCUT2D eigenvalue weighted by molar-refractivity contribution is 5.92. The zero-order valence-corrected chi connectivity index (χ0v) is 12.9. The second-order valence-electron chi connectivity index (χ2n) is 5.62. The smallest absolute Gasteiger partial charge is 0.272 e. The van der Waals surface area contributed by atoms with E-state index in [1.807, 2.05) is 25.1 Å². The van der Waals surface area contributed by atoms with Crippen LogP contribution in [-0.4, -0.2) is 34.4 Å². The van der Waals surface area contributed by atoms with Crippen molar-refractivity contribution in [2.24, 2.45) is 0 Å². The zero-order chi connectivity index (χ0) is 16.2. The molecule has 0 bridgehead atoms. The molecule has 0 radical (unpaired) electrons. The van der Waals surface area contributed by atoms with Gasteiger partial charge in [-0.15, -0.1) is 0 Å². The molecule has 1 saturated heterocycles. The maximum atomic E-state index is 12.4. The molecule has 0 aliphatic carbocycles. The Morgan fingerprint density at radius 2 is 2.09 bits per heavy atom. The molecule has 0 unspecified atom stereocenters. The van der Waals surface area contributed by atoms with Crippen LogP contribution in [0.5, 0.6) is 0 Å². The summed E-state index contributed by atoms with van der Waals surface area (Å²) in [5.74, 6) is -0.308. The van der Waals surface area contributed by atoms with Gasteiger partial charge in [0.1, 0.15) is 5.69 Å². The standard InChI is InChI=1S/C17H19N3O3/c1-12(15-8-5-11-23-15)18-17(22)14-9-10-16(21)20(19-14)13-6-3-2-4-7-13/h2-4,6-7,9-10,12,15H,5,8,11H2,1H3,(H,18,22)/t12-,15-/m0/s1. The molecule has 6 nitrogen and oxygen atoms in total. The lowest BCUT2D eigenvalue weighted by molar-refractivity contribution is 0.0708. The molecule has 1 aliphatic rings. The first kappa shape index (κ1) is 15.4. The van der Waals surface area contributed by atoms with Crippen LogP contribution in [0.25, 0.3) is 5.69 Å². The molecule has 2 atom stereocenters. The van der Waals surface area contributed by atoms with Gasteiger partial charge in [-0.3, -0.25) is 9.59 Å². The number of nitrogens with one attached hydrogen (secondary N) is 1. The maximum Gasteiger partial charge on any atom is 0.272 e. The average molecular weight is 313 g/mol. The van der Waals surface area contributed by atoms with Gasteiger partial charge in [-0.2, -0.15) is 9.78 Å². The normalized spacial score (nSPS) is 18.6.